The van der Waals surface area contributed by atoms with Crippen molar-refractivity contribution in [2.45, 2.75) is 71.6 Å². The van der Waals surface area contributed by atoms with Crippen molar-refractivity contribution in [3.05, 3.63) is 53.1 Å². The number of carbonyl (C=O) groups is 1. The van der Waals surface area contributed by atoms with Crippen LogP contribution < -0.4 is 0 Å². The highest BCUT2D eigenvalue weighted by atomic mass is 16.5. The standard InChI is InChI=1S/C24H33N3O2/c1-18-9-10-19(2)21(14-18)15-26-12-11-25-23(26)17-27(16-22-8-5-13-29-22)24(28)20-6-3-4-7-20/h9-12,14,20,22H,3-8,13,15-17H2,1-2H3. The van der Waals surface area contributed by atoms with Crippen molar-refractivity contribution in [1.29, 1.82) is 0 Å². The molecule has 1 saturated heterocycles. The Morgan fingerprint density at radius 3 is 2.79 bits per heavy atom. The first-order valence-electron chi connectivity index (χ1n) is 11.1. The Morgan fingerprint density at radius 1 is 1.21 bits per heavy atom. The minimum Gasteiger partial charge on any atom is -0.376 e. The molecule has 1 aromatic carbocycles. The number of ether oxygens (including phenoxy) is 1. The molecule has 2 aliphatic rings. The molecule has 1 unspecified atom stereocenters. The number of imidazole rings is 1. The van der Waals surface area contributed by atoms with Crippen molar-refractivity contribution < 1.29 is 9.53 Å². The van der Waals surface area contributed by atoms with Crippen LogP contribution in [0, 0.1) is 19.8 Å². The Bertz CT molecular complexity index is 832. The van der Waals surface area contributed by atoms with Gasteiger partial charge in [0.05, 0.1) is 12.6 Å². The van der Waals surface area contributed by atoms with Gasteiger partial charge in [-0.25, -0.2) is 4.98 Å². The van der Waals surface area contributed by atoms with Crippen molar-refractivity contribution in [1.82, 2.24) is 14.5 Å². The molecule has 1 saturated carbocycles. The molecule has 0 radical (unpaired) electrons. The number of aromatic nitrogens is 2. The van der Waals surface area contributed by atoms with Crippen LogP contribution in [0.4, 0.5) is 0 Å². The normalized spacial score (nSPS) is 19.7. The summed E-state index contributed by atoms with van der Waals surface area (Å²) in [5.41, 5.74) is 3.86. The maximum atomic E-state index is 13.3. The largest absolute Gasteiger partial charge is 0.376 e. The lowest BCUT2D eigenvalue weighted by Gasteiger charge is -2.28. The van der Waals surface area contributed by atoms with Crippen LogP contribution in [0.3, 0.4) is 0 Å². The third kappa shape index (κ3) is 4.89. The van der Waals surface area contributed by atoms with E-state index in [1.165, 1.54) is 29.5 Å². The number of amides is 1. The van der Waals surface area contributed by atoms with E-state index in [4.69, 9.17) is 4.74 Å². The third-order valence-corrected chi connectivity index (χ3v) is 6.44. The zero-order valence-electron chi connectivity index (χ0n) is 17.8. The Morgan fingerprint density at radius 2 is 2.03 bits per heavy atom. The van der Waals surface area contributed by atoms with Crippen LogP contribution in [0.25, 0.3) is 0 Å². The number of nitrogens with zero attached hydrogens (tertiary/aromatic N) is 3. The van der Waals surface area contributed by atoms with Crippen molar-refractivity contribution in [2.24, 2.45) is 5.92 Å². The monoisotopic (exact) mass is 395 g/mol. The highest BCUT2D eigenvalue weighted by molar-refractivity contribution is 5.79. The van der Waals surface area contributed by atoms with Gasteiger partial charge in [0, 0.05) is 38.0 Å². The Kier molecular flexibility index (Phi) is 6.34. The molecule has 2 aromatic rings. The summed E-state index contributed by atoms with van der Waals surface area (Å²) in [5, 5.41) is 0. The molecule has 5 heteroatoms. The maximum absolute atomic E-state index is 13.3. The van der Waals surface area contributed by atoms with Crippen molar-refractivity contribution in [3.63, 3.8) is 0 Å². The van der Waals surface area contributed by atoms with Gasteiger partial charge < -0.3 is 14.2 Å². The van der Waals surface area contributed by atoms with Crippen LogP contribution in [0.5, 0.6) is 0 Å². The number of rotatable bonds is 7. The summed E-state index contributed by atoms with van der Waals surface area (Å²) in [7, 11) is 0. The van der Waals surface area contributed by atoms with E-state index in [0.29, 0.717) is 19.0 Å². The summed E-state index contributed by atoms with van der Waals surface area (Å²) in [6.45, 7) is 7.13. The van der Waals surface area contributed by atoms with Crippen LogP contribution in [-0.2, 0) is 22.6 Å². The van der Waals surface area contributed by atoms with Crippen LogP contribution in [0.15, 0.2) is 30.6 Å². The molecule has 1 aromatic heterocycles. The van der Waals surface area contributed by atoms with Gasteiger partial charge in [-0.05, 0) is 50.7 Å². The molecule has 1 aliphatic carbocycles. The van der Waals surface area contributed by atoms with E-state index >= 15 is 0 Å². The molecule has 0 bridgehead atoms. The Labute approximate surface area is 174 Å². The lowest BCUT2D eigenvalue weighted by molar-refractivity contribution is -0.137. The van der Waals surface area contributed by atoms with Gasteiger partial charge in [-0.15, -0.1) is 0 Å². The lowest BCUT2D eigenvalue weighted by Crippen LogP contribution is -2.40. The first-order chi connectivity index (χ1) is 14.1. The maximum Gasteiger partial charge on any atom is 0.226 e. The second kappa shape index (κ2) is 9.12. The minimum absolute atomic E-state index is 0.169. The molecule has 5 nitrogen and oxygen atoms in total. The quantitative estimate of drug-likeness (QED) is 0.704. The molecule has 1 amide bonds. The fourth-order valence-corrected chi connectivity index (χ4v) is 4.66. The fraction of sp³-hybridized carbons (Fsp3) is 0.583. The summed E-state index contributed by atoms with van der Waals surface area (Å²) in [4.78, 5) is 19.9. The zero-order valence-corrected chi connectivity index (χ0v) is 17.8. The van der Waals surface area contributed by atoms with Gasteiger partial charge in [-0.3, -0.25) is 4.79 Å². The second-order valence-corrected chi connectivity index (χ2v) is 8.74. The fourth-order valence-electron chi connectivity index (χ4n) is 4.66. The van der Waals surface area contributed by atoms with E-state index in [-0.39, 0.29) is 12.0 Å². The molecule has 1 aliphatic heterocycles. The molecule has 0 spiro atoms. The average Bonchev–Trinajstić information content (AvgIpc) is 3.47. The zero-order chi connectivity index (χ0) is 20.2. The molecule has 0 N–H and O–H groups in total. The number of aryl methyl sites for hydroxylation is 2. The van der Waals surface area contributed by atoms with E-state index in [0.717, 1.165) is 44.7 Å². The number of hydrogen-bond donors (Lipinski definition) is 0. The Balaban J connectivity index is 1.51. The number of benzene rings is 1. The van der Waals surface area contributed by atoms with Crippen LogP contribution in [-0.4, -0.2) is 39.6 Å². The van der Waals surface area contributed by atoms with Gasteiger partial charge in [-0.1, -0.05) is 36.6 Å². The summed E-state index contributed by atoms with van der Waals surface area (Å²) in [6.07, 6.45) is 10.6. The van der Waals surface area contributed by atoms with Crippen molar-refractivity contribution >= 4 is 5.91 Å². The highest BCUT2D eigenvalue weighted by Gasteiger charge is 2.30. The molecule has 2 fully saturated rings. The van der Waals surface area contributed by atoms with E-state index in [1.807, 2.05) is 17.3 Å². The topological polar surface area (TPSA) is 47.4 Å². The summed E-state index contributed by atoms with van der Waals surface area (Å²) in [5.74, 6) is 1.42. The molecule has 4 rings (SSSR count). The minimum atomic E-state index is 0.169. The molecular formula is C24H33N3O2. The SMILES string of the molecule is Cc1ccc(C)c(Cn2ccnc2CN(CC2CCCO2)C(=O)C2CCCC2)c1. The molecular weight excluding hydrogens is 362 g/mol. The predicted octanol–water partition coefficient (Wildman–Crippen LogP) is 4.25. The van der Waals surface area contributed by atoms with Gasteiger partial charge >= 0.3 is 0 Å². The summed E-state index contributed by atoms with van der Waals surface area (Å²) < 4.78 is 8.04. The van der Waals surface area contributed by atoms with Crippen LogP contribution >= 0.6 is 0 Å². The second-order valence-electron chi connectivity index (χ2n) is 8.74. The van der Waals surface area contributed by atoms with E-state index in [9.17, 15) is 4.79 Å². The first-order valence-corrected chi connectivity index (χ1v) is 11.1. The lowest BCUT2D eigenvalue weighted by atomic mass is 10.1. The van der Waals surface area contributed by atoms with Crippen LogP contribution in [0.2, 0.25) is 0 Å². The van der Waals surface area contributed by atoms with Crippen LogP contribution in [0.1, 0.15) is 61.0 Å². The molecule has 29 heavy (non-hydrogen) atoms. The molecule has 156 valence electrons. The van der Waals surface area contributed by atoms with Gasteiger partial charge in [0.15, 0.2) is 0 Å². The van der Waals surface area contributed by atoms with Crippen molar-refractivity contribution in [2.75, 3.05) is 13.2 Å². The van der Waals surface area contributed by atoms with E-state index in [1.54, 1.807) is 0 Å². The highest BCUT2D eigenvalue weighted by Crippen LogP contribution is 2.28. The smallest absolute Gasteiger partial charge is 0.226 e. The molecule has 2 heterocycles. The first kappa shape index (κ1) is 20.1. The van der Waals surface area contributed by atoms with Gasteiger partial charge in [0.1, 0.15) is 5.82 Å². The van der Waals surface area contributed by atoms with Gasteiger partial charge in [0.25, 0.3) is 0 Å². The number of hydrogen-bond acceptors (Lipinski definition) is 3. The van der Waals surface area contributed by atoms with Gasteiger partial charge in [0.2, 0.25) is 5.91 Å². The summed E-state index contributed by atoms with van der Waals surface area (Å²) in [6, 6.07) is 6.57. The Hall–Kier alpha value is -2.14. The van der Waals surface area contributed by atoms with Crippen molar-refractivity contribution in [3.8, 4) is 0 Å². The average molecular weight is 396 g/mol. The van der Waals surface area contributed by atoms with E-state index < -0.39 is 0 Å². The molecule has 1 atom stereocenters. The summed E-state index contributed by atoms with van der Waals surface area (Å²) >= 11 is 0. The number of carbonyl (C=O) groups excluding carboxylic acids is 1. The predicted molar refractivity (Wildman–Crippen MR) is 114 cm³/mol. The van der Waals surface area contributed by atoms with E-state index in [2.05, 4.69) is 41.6 Å². The third-order valence-electron chi connectivity index (χ3n) is 6.44. The van der Waals surface area contributed by atoms with Gasteiger partial charge in [-0.2, -0.15) is 0 Å².